The Morgan fingerprint density at radius 3 is 2.86 bits per heavy atom. The second kappa shape index (κ2) is 8.10. The highest BCUT2D eigenvalue weighted by Gasteiger charge is 2.23. The molecule has 3 aromatic rings. The molecule has 1 N–H and O–H groups in total. The van der Waals surface area contributed by atoms with Gasteiger partial charge >= 0.3 is 0 Å². The Morgan fingerprint density at radius 1 is 1.18 bits per heavy atom. The molecule has 0 aliphatic carbocycles. The molecule has 4 rings (SSSR count). The fourth-order valence-electron chi connectivity index (χ4n) is 3.97. The Bertz CT molecular complexity index is 948. The molecule has 6 heteroatoms. The first-order valence-corrected chi connectivity index (χ1v) is 9.95. The first kappa shape index (κ1) is 18.6. The summed E-state index contributed by atoms with van der Waals surface area (Å²) in [6.07, 6.45) is 6.32. The van der Waals surface area contributed by atoms with Crippen LogP contribution in [-0.2, 0) is 13.6 Å². The van der Waals surface area contributed by atoms with Crippen LogP contribution in [0.3, 0.4) is 0 Å². The number of aromatic nitrogens is 4. The van der Waals surface area contributed by atoms with Crippen LogP contribution >= 0.6 is 0 Å². The third kappa shape index (κ3) is 4.22. The van der Waals surface area contributed by atoms with Gasteiger partial charge in [0.15, 0.2) is 0 Å². The molecule has 1 fully saturated rings. The zero-order valence-electron chi connectivity index (χ0n) is 16.9. The lowest BCUT2D eigenvalue weighted by Crippen LogP contribution is -2.34. The number of nitrogens with zero attached hydrogens (tertiary/aromatic N) is 5. The fraction of sp³-hybridized carbons (Fsp3) is 0.409. The van der Waals surface area contributed by atoms with E-state index in [4.69, 9.17) is 4.98 Å². The number of rotatable bonds is 5. The van der Waals surface area contributed by atoms with Gasteiger partial charge in [0, 0.05) is 49.7 Å². The van der Waals surface area contributed by atoms with Crippen LogP contribution in [0, 0.1) is 13.8 Å². The van der Waals surface area contributed by atoms with Crippen molar-refractivity contribution in [3.05, 3.63) is 65.2 Å². The molecule has 0 amide bonds. The summed E-state index contributed by atoms with van der Waals surface area (Å²) in [5, 5.41) is 7.84. The normalized spacial score (nSPS) is 17.6. The van der Waals surface area contributed by atoms with E-state index in [0.717, 1.165) is 48.2 Å². The SMILES string of the molecule is Cc1cccnc1Nc1cccc(C2CCCN(Cc3cn(C)nc3C)C2)n1. The standard InChI is InChI=1S/C22H28N6/c1-16-7-5-11-23-22(16)25-21-10-4-9-20(24-21)18-8-6-12-28(14-18)15-19-13-27(3)26-17(19)2/h4-5,7,9-11,13,18H,6,8,12,14-15H2,1-3H3,(H,23,24,25). The van der Waals surface area contributed by atoms with Crippen LogP contribution in [-0.4, -0.2) is 37.7 Å². The molecule has 1 unspecified atom stereocenters. The molecule has 0 bridgehead atoms. The third-order valence-electron chi connectivity index (χ3n) is 5.46. The van der Waals surface area contributed by atoms with Gasteiger partial charge in [-0.1, -0.05) is 12.1 Å². The summed E-state index contributed by atoms with van der Waals surface area (Å²) < 4.78 is 1.91. The second-order valence-corrected chi connectivity index (χ2v) is 7.73. The van der Waals surface area contributed by atoms with Gasteiger partial charge in [-0.05, 0) is 57.0 Å². The summed E-state index contributed by atoms with van der Waals surface area (Å²) in [6.45, 7) is 7.27. The summed E-state index contributed by atoms with van der Waals surface area (Å²) in [5.41, 5.74) is 4.72. The van der Waals surface area contributed by atoms with E-state index in [1.54, 1.807) is 6.20 Å². The van der Waals surface area contributed by atoms with E-state index < -0.39 is 0 Å². The first-order valence-electron chi connectivity index (χ1n) is 9.95. The Labute approximate surface area is 166 Å². The van der Waals surface area contributed by atoms with Crippen molar-refractivity contribution >= 4 is 11.6 Å². The monoisotopic (exact) mass is 376 g/mol. The predicted molar refractivity (Wildman–Crippen MR) is 112 cm³/mol. The van der Waals surface area contributed by atoms with Crippen LogP contribution < -0.4 is 5.32 Å². The minimum atomic E-state index is 0.456. The zero-order chi connectivity index (χ0) is 19.5. The van der Waals surface area contributed by atoms with Gasteiger partial charge < -0.3 is 5.32 Å². The van der Waals surface area contributed by atoms with Crippen molar-refractivity contribution in [1.29, 1.82) is 0 Å². The molecule has 3 aromatic heterocycles. The summed E-state index contributed by atoms with van der Waals surface area (Å²) in [7, 11) is 1.99. The van der Waals surface area contributed by atoms with Crippen molar-refractivity contribution < 1.29 is 0 Å². The molecule has 4 heterocycles. The van der Waals surface area contributed by atoms with Gasteiger partial charge in [-0.2, -0.15) is 5.10 Å². The van der Waals surface area contributed by atoms with E-state index in [2.05, 4.69) is 58.5 Å². The molecular weight excluding hydrogens is 348 g/mol. The van der Waals surface area contributed by atoms with Crippen molar-refractivity contribution in [3.8, 4) is 0 Å². The summed E-state index contributed by atoms with van der Waals surface area (Å²) in [4.78, 5) is 11.8. The van der Waals surface area contributed by atoms with Crippen molar-refractivity contribution in [3.63, 3.8) is 0 Å². The maximum atomic E-state index is 4.90. The molecule has 1 atom stereocenters. The van der Waals surface area contributed by atoms with Gasteiger partial charge in [-0.25, -0.2) is 9.97 Å². The molecule has 1 aliphatic heterocycles. The number of likely N-dealkylation sites (tertiary alicyclic amines) is 1. The predicted octanol–water partition coefficient (Wildman–Crippen LogP) is 3.95. The van der Waals surface area contributed by atoms with Gasteiger partial charge in [-0.3, -0.25) is 9.58 Å². The Kier molecular flexibility index (Phi) is 5.39. The average molecular weight is 377 g/mol. The molecule has 1 saturated heterocycles. The molecule has 6 nitrogen and oxygen atoms in total. The van der Waals surface area contributed by atoms with Crippen LogP contribution in [0.25, 0.3) is 0 Å². The van der Waals surface area contributed by atoms with Crippen molar-refractivity contribution in [2.75, 3.05) is 18.4 Å². The Hall–Kier alpha value is -2.73. The maximum Gasteiger partial charge on any atom is 0.134 e. The average Bonchev–Trinajstić information content (AvgIpc) is 3.01. The lowest BCUT2D eigenvalue weighted by atomic mass is 9.94. The lowest BCUT2D eigenvalue weighted by molar-refractivity contribution is 0.198. The lowest BCUT2D eigenvalue weighted by Gasteiger charge is -2.32. The number of piperidine rings is 1. The van der Waals surface area contributed by atoms with Crippen LogP contribution in [0.4, 0.5) is 11.6 Å². The van der Waals surface area contributed by atoms with Crippen molar-refractivity contribution in [1.82, 2.24) is 24.6 Å². The molecule has 0 radical (unpaired) electrons. The van der Waals surface area contributed by atoms with Crippen molar-refractivity contribution in [2.45, 2.75) is 39.2 Å². The maximum absolute atomic E-state index is 4.90. The summed E-state index contributed by atoms with van der Waals surface area (Å²) in [5.74, 6) is 2.18. The van der Waals surface area contributed by atoms with E-state index in [1.807, 2.05) is 23.9 Å². The van der Waals surface area contributed by atoms with Crippen LogP contribution in [0.15, 0.2) is 42.7 Å². The van der Waals surface area contributed by atoms with E-state index in [0.29, 0.717) is 5.92 Å². The topological polar surface area (TPSA) is 58.9 Å². The number of nitrogens with one attached hydrogen (secondary N) is 1. The first-order chi connectivity index (χ1) is 13.6. The highest BCUT2D eigenvalue weighted by molar-refractivity contribution is 5.55. The van der Waals surface area contributed by atoms with E-state index >= 15 is 0 Å². The molecule has 1 aliphatic rings. The number of hydrogen-bond donors (Lipinski definition) is 1. The minimum Gasteiger partial charge on any atom is -0.325 e. The van der Waals surface area contributed by atoms with Crippen molar-refractivity contribution in [2.24, 2.45) is 7.05 Å². The van der Waals surface area contributed by atoms with Crippen LogP contribution in [0.5, 0.6) is 0 Å². The molecule has 0 aromatic carbocycles. The van der Waals surface area contributed by atoms with Gasteiger partial charge in [0.25, 0.3) is 0 Å². The molecular formula is C22H28N6. The van der Waals surface area contributed by atoms with Gasteiger partial charge in [0.05, 0.1) is 5.69 Å². The number of anilines is 2. The number of aryl methyl sites for hydroxylation is 3. The smallest absolute Gasteiger partial charge is 0.134 e. The van der Waals surface area contributed by atoms with Gasteiger partial charge in [0.2, 0.25) is 0 Å². The van der Waals surface area contributed by atoms with Gasteiger partial charge in [-0.15, -0.1) is 0 Å². The zero-order valence-corrected chi connectivity index (χ0v) is 16.9. The molecule has 0 spiro atoms. The highest BCUT2D eigenvalue weighted by Crippen LogP contribution is 2.28. The van der Waals surface area contributed by atoms with Crippen LogP contribution in [0.2, 0.25) is 0 Å². The second-order valence-electron chi connectivity index (χ2n) is 7.73. The Balaban J connectivity index is 1.46. The molecule has 28 heavy (non-hydrogen) atoms. The molecule has 0 saturated carbocycles. The minimum absolute atomic E-state index is 0.456. The van der Waals surface area contributed by atoms with E-state index in [1.165, 1.54) is 18.4 Å². The van der Waals surface area contributed by atoms with E-state index in [-0.39, 0.29) is 0 Å². The van der Waals surface area contributed by atoms with Gasteiger partial charge in [0.1, 0.15) is 11.6 Å². The molecule has 146 valence electrons. The van der Waals surface area contributed by atoms with Crippen LogP contribution in [0.1, 0.15) is 41.3 Å². The largest absolute Gasteiger partial charge is 0.325 e. The summed E-state index contributed by atoms with van der Waals surface area (Å²) >= 11 is 0. The summed E-state index contributed by atoms with van der Waals surface area (Å²) in [6, 6.07) is 10.3. The Morgan fingerprint density at radius 2 is 2.07 bits per heavy atom. The van der Waals surface area contributed by atoms with E-state index in [9.17, 15) is 0 Å². The highest BCUT2D eigenvalue weighted by atomic mass is 15.3. The number of pyridine rings is 2. The number of hydrogen-bond acceptors (Lipinski definition) is 5. The quantitative estimate of drug-likeness (QED) is 0.731. The fourth-order valence-corrected chi connectivity index (χ4v) is 3.97. The third-order valence-corrected chi connectivity index (χ3v) is 5.46.